The first-order valence-corrected chi connectivity index (χ1v) is 8.02. The highest BCUT2D eigenvalue weighted by Crippen LogP contribution is 2.33. The maximum absolute atomic E-state index is 13.0. The number of H-pyrrole nitrogens is 1. The number of aromatic nitrogens is 3. The molecule has 0 fully saturated rings. The molecule has 4 nitrogen and oxygen atoms in total. The summed E-state index contributed by atoms with van der Waals surface area (Å²) < 4.78 is 18.1. The van der Waals surface area contributed by atoms with E-state index in [1.807, 2.05) is 31.2 Å². The van der Waals surface area contributed by atoms with Crippen molar-refractivity contribution in [2.24, 2.45) is 0 Å². The standard InChI is InChI=1S/C17H16FN3OS/c1-11(12-3-7-14(18)8-4-12)23-17-19-16(20-21-17)13-5-9-15(22-2)10-6-13/h3-11H,1-2H3,(H,19,20,21). The third-order valence-electron chi connectivity index (χ3n) is 3.45. The van der Waals surface area contributed by atoms with Crippen LogP contribution in [0.25, 0.3) is 11.4 Å². The van der Waals surface area contributed by atoms with Crippen molar-refractivity contribution >= 4 is 11.8 Å². The Morgan fingerprint density at radius 3 is 2.43 bits per heavy atom. The number of nitrogens with zero attached hydrogens (tertiary/aromatic N) is 2. The molecule has 1 heterocycles. The number of ether oxygens (including phenoxy) is 1. The van der Waals surface area contributed by atoms with Gasteiger partial charge >= 0.3 is 0 Å². The molecule has 0 radical (unpaired) electrons. The average molecular weight is 329 g/mol. The summed E-state index contributed by atoms with van der Waals surface area (Å²) in [5.41, 5.74) is 1.98. The zero-order chi connectivity index (χ0) is 16.2. The monoisotopic (exact) mass is 329 g/mol. The summed E-state index contributed by atoms with van der Waals surface area (Å²) in [6.45, 7) is 2.04. The van der Waals surface area contributed by atoms with Crippen LogP contribution in [-0.4, -0.2) is 22.3 Å². The predicted molar refractivity (Wildman–Crippen MR) is 89.0 cm³/mol. The average Bonchev–Trinajstić information content (AvgIpc) is 3.04. The normalized spacial score (nSPS) is 12.1. The number of hydrogen-bond donors (Lipinski definition) is 1. The Balaban J connectivity index is 1.72. The van der Waals surface area contributed by atoms with Crippen LogP contribution < -0.4 is 4.74 Å². The Bertz CT molecular complexity index is 771. The van der Waals surface area contributed by atoms with Gasteiger partial charge in [0.1, 0.15) is 11.6 Å². The highest BCUT2D eigenvalue weighted by atomic mass is 32.2. The summed E-state index contributed by atoms with van der Waals surface area (Å²) in [7, 11) is 1.63. The minimum atomic E-state index is -0.231. The Labute approximate surface area is 138 Å². The molecular formula is C17H16FN3OS. The van der Waals surface area contributed by atoms with Gasteiger partial charge in [0, 0.05) is 10.8 Å². The van der Waals surface area contributed by atoms with E-state index in [0.29, 0.717) is 11.0 Å². The lowest BCUT2D eigenvalue weighted by atomic mass is 10.2. The molecule has 0 aliphatic carbocycles. The van der Waals surface area contributed by atoms with Crippen LogP contribution in [0.15, 0.2) is 53.7 Å². The molecule has 0 aliphatic rings. The first-order chi connectivity index (χ1) is 11.2. The van der Waals surface area contributed by atoms with E-state index in [1.165, 1.54) is 23.9 Å². The fraction of sp³-hybridized carbons (Fsp3) is 0.176. The number of hydrogen-bond acceptors (Lipinski definition) is 4. The third kappa shape index (κ3) is 3.71. The van der Waals surface area contributed by atoms with E-state index in [4.69, 9.17) is 4.74 Å². The predicted octanol–water partition coefficient (Wildman–Crippen LogP) is 4.47. The first kappa shape index (κ1) is 15.6. The van der Waals surface area contributed by atoms with E-state index < -0.39 is 0 Å². The summed E-state index contributed by atoms with van der Waals surface area (Å²) in [6, 6.07) is 14.1. The topological polar surface area (TPSA) is 50.8 Å². The molecule has 0 saturated carbocycles. The van der Waals surface area contributed by atoms with Gasteiger partial charge in [0.2, 0.25) is 5.16 Å². The van der Waals surface area contributed by atoms with Gasteiger partial charge in [-0.15, -0.1) is 5.10 Å². The van der Waals surface area contributed by atoms with Crippen LogP contribution in [0.3, 0.4) is 0 Å². The van der Waals surface area contributed by atoms with Crippen LogP contribution >= 0.6 is 11.8 Å². The van der Waals surface area contributed by atoms with Gasteiger partial charge < -0.3 is 4.74 Å². The summed E-state index contributed by atoms with van der Waals surface area (Å²) in [5, 5.41) is 7.98. The summed E-state index contributed by atoms with van der Waals surface area (Å²) in [4.78, 5) is 4.50. The number of nitrogens with one attached hydrogen (secondary N) is 1. The fourth-order valence-corrected chi connectivity index (χ4v) is 2.99. The van der Waals surface area contributed by atoms with E-state index in [9.17, 15) is 4.39 Å². The minimum Gasteiger partial charge on any atom is -0.497 e. The molecule has 1 unspecified atom stereocenters. The van der Waals surface area contributed by atoms with Crippen molar-refractivity contribution in [2.45, 2.75) is 17.3 Å². The smallest absolute Gasteiger partial charge is 0.209 e. The van der Waals surface area contributed by atoms with Gasteiger partial charge in [-0.1, -0.05) is 23.9 Å². The Hall–Kier alpha value is -2.34. The van der Waals surface area contributed by atoms with Gasteiger partial charge in [0.05, 0.1) is 7.11 Å². The molecule has 1 atom stereocenters. The van der Waals surface area contributed by atoms with Crippen molar-refractivity contribution in [2.75, 3.05) is 7.11 Å². The van der Waals surface area contributed by atoms with Crippen molar-refractivity contribution < 1.29 is 9.13 Å². The zero-order valence-electron chi connectivity index (χ0n) is 12.8. The number of halogens is 1. The van der Waals surface area contributed by atoms with E-state index in [2.05, 4.69) is 15.2 Å². The van der Waals surface area contributed by atoms with Crippen LogP contribution in [0.1, 0.15) is 17.7 Å². The number of benzene rings is 2. The van der Waals surface area contributed by atoms with Crippen LogP contribution in [0.5, 0.6) is 5.75 Å². The number of methoxy groups -OCH3 is 1. The largest absolute Gasteiger partial charge is 0.497 e. The second-order valence-corrected chi connectivity index (χ2v) is 6.31. The van der Waals surface area contributed by atoms with E-state index in [1.54, 1.807) is 19.2 Å². The molecule has 0 amide bonds. The number of thioether (sulfide) groups is 1. The molecule has 23 heavy (non-hydrogen) atoms. The molecule has 0 spiro atoms. The molecule has 118 valence electrons. The molecule has 0 aliphatic heterocycles. The lowest BCUT2D eigenvalue weighted by Gasteiger charge is -2.08. The van der Waals surface area contributed by atoms with E-state index >= 15 is 0 Å². The number of rotatable bonds is 5. The molecule has 1 aromatic heterocycles. The molecule has 0 bridgehead atoms. The van der Waals surface area contributed by atoms with E-state index in [-0.39, 0.29) is 11.1 Å². The second-order valence-electron chi connectivity index (χ2n) is 5.01. The van der Waals surface area contributed by atoms with Crippen molar-refractivity contribution in [3.8, 4) is 17.1 Å². The highest BCUT2D eigenvalue weighted by molar-refractivity contribution is 7.99. The SMILES string of the molecule is COc1ccc(-c2nc(SC(C)c3ccc(F)cc3)n[nH]2)cc1. The van der Waals surface area contributed by atoms with Crippen molar-refractivity contribution in [3.05, 3.63) is 59.9 Å². The van der Waals surface area contributed by atoms with Crippen molar-refractivity contribution in [3.63, 3.8) is 0 Å². The van der Waals surface area contributed by atoms with Crippen LogP contribution in [0.2, 0.25) is 0 Å². The number of aromatic amines is 1. The molecule has 3 aromatic rings. The molecule has 1 N–H and O–H groups in total. The summed E-state index contributed by atoms with van der Waals surface area (Å²) >= 11 is 1.53. The summed E-state index contributed by atoms with van der Waals surface area (Å²) in [5.74, 6) is 1.28. The van der Waals surface area contributed by atoms with Gasteiger partial charge in [-0.2, -0.15) is 0 Å². The molecular weight excluding hydrogens is 313 g/mol. The van der Waals surface area contributed by atoms with Crippen molar-refractivity contribution in [1.82, 2.24) is 15.2 Å². The highest BCUT2D eigenvalue weighted by Gasteiger charge is 2.12. The van der Waals surface area contributed by atoms with Crippen LogP contribution in [-0.2, 0) is 0 Å². The van der Waals surface area contributed by atoms with Gasteiger partial charge in [-0.25, -0.2) is 9.37 Å². The van der Waals surface area contributed by atoms with Gasteiger partial charge in [0.25, 0.3) is 0 Å². The Morgan fingerprint density at radius 2 is 1.78 bits per heavy atom. The minimum absolute atomic E-state index is 0.134. The molecule has 0 saturated heterocycles. The molecule has 2 aromatic carbocycles. The van der Waals surface area contributed by atoms with Crippen molar-refractivity contribution in [1.29, 1.82) is 0 Å². The quantitative estimate of drug-likeness (QED) is 0.702. The molecule has 6 heteroatoms. The Kier molecular flexibility index (Phi) is 4.62. The Morgan fingerprint density at radius 1 is 1.09 bits per heavy atom. The first-order valence-electron chi connectivity index (χ1n) is 7.14. The van der Waals surface area contributed by atoms with Crippen LogP contribution in [0, 0.1) is 5.82 Å². The maximum Gasteiger partial charge on any atom is 0.209 e. The van der Waals surface area contributed by atoms with Gasteiger partial charge in [-0.05, 0) is 48.9 Å². The molecule has 3 rings (SSSR count). The lowest BCUT2D eigenvalue weighted by molar-refractivity contribution is 0.415. The lowest BCUT2D eigenvalue weighted by Crippen LogP contribution is -1.89. The third-order valence-corrected chi connectivity index (χ3v) is 4.47. The maximum atomic E-state index is 13.0. The zero-order valence-corrected chi connectivity index (χ0v) is 13.6. The van der Waals surface area contributed by atoms with Gasteiger partial charge in [-0.3, -0.25) is 5.10 Å². The summed E-state index contributed by atoms with van der Waals surface area (Å²) in [6.07, 6.45) is 0. The van der Waals surface area contributed by atoms with Gasteiger partial charge in [0.15, 0.2) is 5.82 Å². The second kappa shape index (κ2) is 6.83. The van der Waals surface area contributed by atoms with E-state index in [0.717, 1.165) is 16.9 Å². The fourth-order valence-electron chi connectivity index (χ4n) is 2.14. The van der Waals surface area contributed by atoms with Crippen LogP contribution in [0.4, 0.5) is 4.39 Å².